The van der Waals surface area contributed by atoms with E-state index in [4.69, 9.17) is 9.47 Å². The Bertz CT molecular complexity index is 468. The summed E-state index contributed by atoms with van der Waals surface area (Å²) in [6, 6.07) is 0. The number of hydrogen-bond donors (Lipinski definition) is 0. The molecule has 4 nitrogen and oxygen atoms in total. The van der Waals surface area contributed by atoms with E-state index in [1.165, 1.54) is 12.8 Å². The van der Waals surface area contributed by atoms with E-state index in [1.807, 2.05) is 0 Å². The molecule has 0 radical (unpaired) electrons. The fourth-order valence-corrected chi connectivity index (χ4v) is 5.60. The Labute approximate surface area is 97.6 Å². The Morgan fingerprint density at radius 3 is 1.88 bits per heavy atom. The summed E-state index contributed by atoms with van der Waals surface area (Å²) in [5.41, 5.74) is 0.324. The summed E-state index contributed by atoms with van der Waals surface area (Å²) >= 11 is 0. The van der Waals surface area contributed by atoms with Crippen LogP contribution in [0.3, 0.4) is 0 Å². The van der Waals surface area contributed by atoms with Crippen LogP contribution in [0, 0.1) is 29.1 Å². The van der Waals surface area contributed by atoms with Gasteiger partial charge in [-0.1, -0.05) is 0 Å². The first-order valence-corrected chi connectivity index (χ1v) is 6.62. The van der Waals surface area contributed by atoms with E-state index in [9.17, 15) is 9.59 Å². The van der Waals surface area contributed by atoms with Crippen molar-refractivity contribution in [3.63, 3.8) is 0 Å². The molecule has 1 spiro atoms. The molecule has 0 unspecified atom stereocenters. The average molecular weight is 232 g/mol. The van der Waals surface area contributed by atoms with Gasteiger partial charge >= 0.3 is 0 Å². The maximum Gasteiger partial charge on any atom is 0.168 e. The molecule has 8 atom stereocenters. The third kappa shape index (κ3) is 0.650. The lowest BCUT2D eigenvalue weighted by Gasteiger charge is -2.28. The van der Waals surface area contributed by atoms with Gasteiger partial charge in [0.2, 0.25) is 0 Å². The average Bonchev–Trinajstić information content (AvgIpc) is 3.17. The normalized spacial score (nSPS) is 66.6. The third-order valence-corrected chi connectivity index (χ3v) is 6.29. The molecule has 2 saturated heterocycles. The number of fused-ring (bicyclic) bond motifs is 7. The second kappa shape index (κ2) is 2.01. The molecule has 6 rings (SSSR count). The highest BCUT2D eigenvalue weighted by molar-refractivity contribution is 6.07. The van der Waals surface area contributed by atoms with Crippen molar-refractivity contribution in [1.29, 1.82) is 0 Å². The summed E-state index contributed by atoms with van der Waals surface area (Å²) in [4.78, 5) is 24.7. The van der Waals surface area contributed by atoms with Gasteiger partial charge in [0.15, 0.2) is 23.8 Å². The predicted octanol–water partition coefficient (Wildman–Crippen LogP) is -0.0548. The smallest absolute Gasteiger partial charge is 0.168 e. The molecule has 0 aromatic heterocycles. The molecule has 0 N–H and O–H groups in total. The quantitative estimate of drug-likeness (QED) is 0.549. The first kappa shape index (κ1) is 8.38. The van der Waals surface area contributed by atoms with Gasteiger partial charge in [-0.3, -0.25) is 9.59 Å². The Morgan fingerprint density at radius 1 is 0.882 bits per heavy atom. The third-order valence-electron chi connectivity index (χ3n) is 6.29. The van der Waals surface area contributed by atoms with Crippen molar-refractivity contribution in [3.8, 4) is 0 Å². The van der Waals surface area contributed by atoms with Gasteiger partial charge in [-0.2, -0.15) is 0 Å². The molecule has 2 bridgehead atoms. The van der Waals surface area contributed by atoms with Crippen LogP contribution in [0.15, 0.2) is 0 Å². The molecule has 17 heavy (non-hydrogen) atoms. The van der Waals surface area contributed by atoms with Gasteiger partial charge in [-0.05, 0) is 18.3 Å². The zero-order valence-electron chi connectivity index (χ0n) is 9.17. The van der Waals surface area contributed by atoms with Gasteiger partial charge in [0.1, 0.15) is 0 Å². The summed E-state index contributed by atoms with van der Waals surface area (Å²) in [5.74, 6) is 1.03. The zero-order valence-corrected chi connectivity index (χ0v) is 9.17. The maximum atomic E-state index is 12.3. The largest absolute Gasteiger partial charge is 0.369 e. The van der Waals surface area contributed by atoms with Crippen molar-refractivity contribution < 1.29 is 19.1 Å². The fraction of sp³-hybridized carbons (Fsp3) is 0.846. The topological polar surface area (TPSA) is 59.2 Å². The molecule has 6 fully saturated rings. The second-order valence-electron chi connectivity index (χ2n) is 6.68. The lowest BCUT2D eigenvalue weighted by molar-refractivity contribution is -0.136. The van der Waals surface area contributed by atoms with Gasteiger partial charge in [0.25, 0.3) is 0 Å². The van der Waals surface area contributed by atoms with E-state index in [1.54, 1.807) is 0 Å². The minimum Gasteiger partial charge on any atom is -0.369 e. The molecule has 0 aromatic carbocycles. The number of Topliss-reactive ketones (excluding diaryl/α,β-unsaturated/α-hetero) is 2. The van der Waals surface area contributed by atoms with Crippen LogP contribution in [-0.4, -0.2) is 36.0 Å². The second-order valence-corrected chi connectivity index (χ2v) is 6.68. The number of ether oxygens (including phenoxy) is 2. The van der Waals surface area contributed by atoms with Crippen LogP contribution in [-0.2, 0) is 19.1 Å². The minimum absolute atomic E-state index is 0.0532. The lowest BCUT2D eigenvalue weighted by atomic mass is 9.69. The Balaban J connectivity index is 1.58. The Morgan fingerprint density at radius 2 is 1.41 bits per heavy atom. The maximum absolute atomic E-state index is 12.3. The van der Waals surface area contributed by atoms with E-state index >= 15 is 0 Å². The van der Waals surface area contributed by atoms with E-state index in [2.05, 4.69) is 0 Å². The highest BCUT2D eigenvalue weighted by Gasteiger charge is 2.86. The van der Waals surface area contributed by atoms with Crippen molar-refractivity contribution in [2.24, 2.45) is 29.1 Å². The number of rotatable bonds is 0. The molecular formula is C13H12O4. The molecule has 4 saturated carbocycles. The summed E-state index contributed by atoms with van der Waals surface area (Å²) in [5, 5.41) is 0. The van der Waals surface area contributed by atoms with E-state index < -0.39 is 0 Å². The first-order valence-electron chi connectivity index (χ1n) is 6.62. The van der Waals surface area contributed by atoms with E-state index in [-0.39, 0.29) is 35.6 Å². The lowest BCUT2D eigenvalue weighted by Crippen LogP contribution is -2.46. The summed E-state index contributed by atoms with van der Waals surface area (Å²) < 4.78 is 11.0. The summed E-state index contributed by atoms with van der Waals surface area (Å²) in [6.45, 7) is 0. The summed E-state index contributed by atoms with van der Waals surface area (Å²) in [7, 11) is 0. The number of carbonyl (C=O) groups excluding carboxylic acids is 2. The van der Waals surface area contributed by atoms with Crippen LogP contribution >= 0.6 is 0 Å². The van der Waals surface area contributed by atoms with Gasteiger partial charge in [0, 0.05) is 23.7 Å². The van der Waals surface area contributed by atoms with Gasteiger partial charge in [0.05, 0.1) is 12.2 Å². The van der Waals surface area contributed by atoms with Crippen LogP contribution in [0.1, 0.15) is 12.8 Å². The number of epoxide rings is 2. The van der Waals surface area contributed by atoms with Gasteiger partial charge in [-0.15, -0.1) is 0 Å². The van der Waals surface area contributed by atoms with Crippen molar-refractivity contribution in [2.75, 3.05) is 0 Å². The van der Waals surface area contributed by atoms with Gasteiger partial charge < -0.3 is 9.47 Å². The van der Waals surface area contributed by atoms with Crippen LogP contribution in [0.5, 0.6) is 0 Å². The first-order chi connectivity index (χ1) is 8.24. The minimum atomic E-state index is -0.379. The van der Waals surface area contributed by atoms with Crippen molar-refractivity contribution in [1.82, 2.24) is 0 Å². The zero-order chi connectivity index (χ0) is 11.1. The van der Waals surface area contributed by atoms with Crippen LogP contribution in [0.25, 0.3) is 0 Å². The summed E-state index contributed by atoms with van der Waals surface area (Å²) in [6.07, 6.45) is 2.27. The van der Waals surface area contributed by atoms with Crippen LogP contribution < -0.4 is 0 Å². The molecule has 4 aliphatic carbocycles. The van der Waals surface area contributed by atoms with Crippen molar-refractivity contribution in [2.45, 2.75) is 37.3 Å². The van der Waals surface area contributed by atoms with Crippen molar-refractivity contribution in [3.05, 3.63) is 0 Å². The van der Waals surface area contributed by atoms with E-state index in [0.29, 0.717) is 29.5 Å². The monoisotopic (exact) mass is 232 g/mol. The SMILES string of the molecule is O=C1[C@@H]2[C@H](C(=O)[C@@H]3O[C@H]13)[C@@H]1[C@H]3O[C@H]3[C@H]2C12CC2. The molecule has 88 valence electrons. The number of hydrogen-bond acceptors (Lipinski definition) is 4. The van der Waals surface area contributed by atoms with E-state index in [0.717, 1.165) is 0 Å². The predicted molar refractivity (Wildman–Crippen MR) is 53.0 cm³/mol. The molecule has 4 heteroatoms. The Kier molecular flexibility index (Phi) is 0.992. The fourth-order valence-electron chi connectivity index (χ4n) is 5.60. The molecule has 2 aliphatic heterocycles. The number of carbonyl (C=O) groups is 2. The standard InChI is InChI=1S/C13H12O4/c14-7-3-4(8(15)12-11(7)17-12)6-10-9(16-10)5(3)13(6)1-2-13/h3-6,9-12H,1-2H2/t3-,4+,5+,6-,9+,10-,11-,12+. The molecule has 2 heterocycles. The van der Waals surface area contributed by atoms with Gasteiger partial charge in [-0.25, -0.2) is 0 Å². The van der Waals surface area contributed by atoms with Crippen LogP contribution in [0.2, 0.25) is 0 Å². The highest BCUT2D eigenvalue weighted by atomic mass is 16.6. The molecule has 6 aliphatic rings. The molecular weight excluding hydrogens is 220 g/mol. The number of ketones is 2. The Hall–Kier alpha value is -0.740. The van der Waals surface area contributed by atoms with Crippen molar-refractivity contribution >= 4 is 11.6 Å². The highest BCUT2D eigenvalue weighted by Crippen LogP contribution is 2.80. The molecule has 0 aromatic rings. The van der Waals surface area contributed by atoms with Crippen LogP contribution in [0.4, 0.5) is 0 Å². The molecule has 0 amide bonds.